The lowest BCUT2D eigenvalue weighted by Crippen LogP contribution is -2.49. The Morgan fingerprint density at radius 3 is 2.75 bits per heavy atom. The molecule has 0 amide bonds. The van der Waals surface area contributed by atoms with Crippen molar-refractivity contribution >= 4 is 21.4 Å². The summed E-state index contributed by atoms with van der Waals surface area (Å²) >= 11 is 1.23. The highest BCUT2D eigenvalue weighted by molar-refractivity contribution is 7.91. The molecule has 1 aromatic heterocycles. The molecule has 4 nitrogen and oxygen atoms in total. The summed E-state index contributed by atoms with van der Waals surface area (Å²) in [7, 11) is -3.36. The smallest absolute Gasteiger partial charge is 0.250 e. The van der Waals surface area contributed by atoms with Crippen molar-refractivity contribution in [3.63, 3.8) is 0 Å². The summed E-state index contributed by atoms with van der Waals surface area (Å²) in [5.74, 6) is 0. The molecule has 1 fully saturated rings. The number of nitrogens with one attached hydrogen (secondary N) is 1. The van der Waals surface area contributed by atoms with E-state index in [0.717, 1.165) is 25.7 Å². The predicted octanol–water partition coefficient (Wildman–Crippen LogP) is 1.30. The molecule has 1 saturated carbocycles. The third-order valence-corrected chi connectivity index (χ3v) is 5.77. The minimum absolute atomic E-state index is 0.0523. The van der Waals surface area contributed by atoms with Crippen LogP contribution in [0.15, 0.2) is 21.7 Å². The number of nitrogens with two attached hydrogens (primary N) is 1. The molecule has 1 heterocycles. The van der Waals surface area contributed by atoms with E-state index in [1.165, 1.54) is 11.3 Å². The third-order valence-electron chi connectivity index (χ3n) is 2.89. The molecule has 1 aliphatic rings. The minimum atomic E-state index is -3.36. The summed E-state index contributed by atoms with van der Waals surface area (Å²) in [5, 5.41) is 1.76. The van der Waals surface area contributed by atoms with Gasteiger partial charge in [0.15, 0.2) is 0 Å². The minimum Gasteiger partial charge on any atom is -0.326 e. The Morgan fingerprint density at radius 1 is 1.38 bits per heavy atom. The van der Waals surface area contributed by atoms with Gasteiger partial charge in [0.05, 0.1) is 0 Å². The second kappa shape index (κ2) is 4.83. The van der Waals surface area contributed by atoms with Gasteiger partial charge in [-0.25, -0.2) is 13.1 Å². The number of rotatable bonds is 3. The van der Waals surface area contributed by atoms with Crippen molar-refractivity contribution in [2.75, 3.05) is 0 Å². The normalized spacial score (nSPS) is 26.8. The van der Waals surface area contributed by atoms with E-state index in [-0.39, 0.29) is 12.1 Å². The van der Waals surface area contributed by atoms with E-state index < -0.39 is 10.0 Å². The van der Waals surface area contributed by atoms with Gasteiger partial charge in [-0.05, 0) is 24.3 Å². The Hall–Kier alpha value is -0.430. The molecule has 0 spiro atoms. The molecule has 0 unspecified atom stereocenters. The molecule has 90 valence electrons. The molecule has 6 heteroatoms. The molecule has 0 aliphatic heterocycles. The summed E-state index contributed by atoms with van der Waals surface area (Å²) in [6.45, 7) is 0. The first-order chi connectivity index (χ1) is 7.59. The maximum atomic E-state index is 12.0. The first-order valence-corrected chi connectivity index (χ1v) is 7.77. The van der Waals surface area contributed by atoms with Crippen LogP contribution in [0.3, 0.4) is 0 Å². The van der Waals surface area contributed by atoms with Crippen molar-refractivity contribution in [1.82, 2.24) is 4.72 Å². The highest BCUT2D eigenvalue weighted by atomic mass is 32.2. The van der Waals surface area contributed by atoms with Crippen LogP contribution in [0.25, 0.3) is 0 Å². The zero-order valence-electron chi connectivity index (χ0n) is 8.93. The summed E-state index contributed by atoms with van der Waals surface area (Å²) < 4.78 is 27.0. The second-order valence-electron chi connectivity index (χ2n) is 4.11. The molecule has 0 aromatic carbocycles. The number of hydrogen-bond acceptors (Lipinski definition) is 4. The van der Waals surface area contributed by atoms with Gasteiger partial charge in [0, 0.05) is 12.1 Å². The molecule has 16 heavy (non-hydrogen) atoms. The van der Waals surface area contributed by atoms with E-state index in [4.69, 9.17) is 5.73 Å². The fourth-order valence-electron chi connectivity index (χ4n) is 1.98. The van der Waals surface area contributed by atoms with Crippen molar-refractivity contribution in [2.24, 2.45) is 5.73 Å². The Bertz CT molecular complexity index is 428. The number of sulfonamides is 1. The van der Waals surface area contributed by atoms with Crippen LogP contribution in [0.5, 0.6) is 0 Å². The fourth-order valence-corrected chi connectivity index (χ4v) is 4.31. The Balaban J connectivity index is 2.09. The zero-order valence-corrected chi connectivity index (χ0v) is 10.6. The average Bonchev–Trinajstić information content (AvgIpc) is 2.75. The molecular formula is C10H16N2O2S2. The van der Waals surface area contributed by atoms with Gasteiger partial charge in [0.1, 0.15) is 4.21 Å². The van der Waals surface area contributed by atoms with Gasteiger partial charge in [-0.15, -0.1) is 11.3 Å². The lowest BCUT2D eigenvalue weighted by Gasteiger charge is -2.28. The summed E-state index contributed by atoms with van der Waals surface area (Å²) in [5.41, 5.74) is 5.92. The monoisotopic (exact) mass is 260 g/mol. The van der Waals surface area contributed by atoms with Crippen LogP contribution < -0.4 is 10.5 Å². The molecular weight excluding hydrogens is 244 g/mol. The van der Waals surface area contributed by atoms with Crippen LogP contribution in [-0.2, 0) is 10.0 Å². The van der Waals surface area contributed by atoms with Crippen molar-refractivity contribution in [3.8, 4) is 0 Å². The van der Waals surface area contributed by atoms with Crippen LogP contribution in [0, 0.1) is 0 Å². The van der Waals surface area contributed by atoms with Gasteiger partial charge in [0.2, 0.25) is 10.0 Å². The van der Waals surface area contributed by atoms with Gasteiger partial charge in [-0.2, -0.15) is 0 Å². The highest BCUT2D eigenvalue weighted by Crippen LogP contribution is 2.21. The lowest BCUT2D eigenvalue weighted by molar-refractivity contribution is 0.361. The van der Waals surface area contributed by atoms with Crippen molar-refractivity contribution in [2.45, 2.75) is 42.0 Å². The maximum Gasteiger partial charge on any atom is 0.250 e. The van der Waals surface area contributed by atoms with Crippen molar-refractivity contribution < 1.29 is 8.42 Å². The molecule has 1 aliphatic carbocycles. The Morgan fingerprint density at radius 2 is 2.12 bits per heavy atom. The van der Waals surface area contributed by atoms with E-state index >= 15 is 0 Å². The Labute approximate surface area is 99.9 Å². The maximum absolute atomic E-state index is 12.0. The molecule has 0 radical (unpaired) electrons. The standard InChI is InChI=1S/C10H16N2O2S2/c11-8-4-1-2-5-9(8)12-16(13,14)10-6-3-7-15-10/h3,6-9,12H,1-2,4-5,11H2/t8-,9+/m1/s1. The average molecular weight is 260 g/mol. The molecule has 2 rings (SSSR count). The molecule has 2 atom stereocenters. The van der Waals surface area contributed by atoms with Gasteiger partial charge < -0.3 is 5.73 Å². The predicted molar refractivity (Wildman–Crippen MR) is 64.9 cm³/mol. The molecule has 0 saturated heterocycles. The van der Waals surface area contributed by atoms with Gasteiger partial charge in [0.25, 0.3) is 0 Å². The second-order valence-corrected chi connectivity index (χ2v) is 7.00. The van der Waals surface area contributed by atoms with E-state index in [0.29, 0.717) is 4.21 Å². The van der Waals surface area contributed by atoms with Crippen LogP contribution in [0.1, 0.15) is 25.7 Å². The van der Waals surface area contributed by atoms with Crippen molar-refractivity contribution in [1.29, 1.82) is 0 Å². The number of hydrogen-bond donors (Lipinski definition) is 2. The Kier molecular flexibility index (Phi) is 3.63. The van der Waals surface area contributed by atoms with Crippen molar-refractivity contribution in [3.05, 3.63) is 17.5 Å². The summed E-state index contributed by atoms with van der Waals surface area (Å²) in [4.78, 5) is 0. The van der Waals surface area contributed by atoms with Gasteiger partial charge in [-0.3, -0.25) is 0 Å². The summed E-state index contributed by atoms with van der Waals surface area (Å²) in [6.07, 6.45) is 3.88. The lowest BCUT2D eigenvalue weighted by atomic mass is 9.92. The topological polar surface area (TPSA) is 72.2 Å². The van der Waals surface area contributed by atoms with E-state index in [2.05, 4.69) is 4.72 Å². The molecule has 3 N–H and O–H groups in total. The van der Waals surface area contributed by atoms with Crippen LogP contribution in [0.2, 0.25) is 0 Å². The van der Waals surface area contributed by atoms with E-state index in [9.17, 15) is 8.42 Å². The number of thiophene rings is 1. The summed E-state index contributed by atoms with van der Waals surface area (Å²) in [6, 6.07) is 3.19. The van der Waals surface area contributed by atoms with E-state index in [1.807, 2.05) is 0 Å². The van der Waals surface area contributed by atoms with Gasteiger partial charge >= 0.3 is 0 Å². The molecule has 1 aromatic rings. The zero-order chi connectivity index (χ0) is 11.6. The van der Waals surface area contributed by atoms with Gasteiger partial charge in [-0.1, -0.05) is 18.9 Å². The first-order valence-electron chi connectivity index (χ1n) is 5.41. The quantitative estimate of drug-likeness (QED) is 0.860. The highest BCUT2D eigenvalue weighted by Gasteiger charge is 2.27. The largest absolute Gasteiger partial charge is 0.326 e. The van der Waals surface area contributed by atoms with Crippen LogP contribution in [0.4, 0.5) is 0 Å². The van der Waals surface area contributed by atoms with Crippen LogP contribution in [-0.4, -0.2) is 20.5 Å². The molecule has 0 bridgehead atoms. The fraction of sp³-hybridized carbons (Fsp3) is 0.600. The third kappa shape index (κ3) is 2.63. The van der Waals surface area contributed by atoms with E-state index in [1.54, 1.807) is 17.5 Å². The SMILES string of the molecule is N[C@@H]1CCCC[C@@H]1NS(=O)(=O)c1cccs1. The first kappa shape index (κ1) is 12.0. The van der Waals surface area contributed by atoms with Crippen LogP contribution >= 0.6 is 11.3 Å².